The fraction of sp³-hybridized carbons (Fsp3) is 0.222. The first-order valence-electron chi connectivity index (χ1n) is 4.01. The van der Waals surface area contributed by atoms with Crippen LogP contribution in [0.25, 0.3) is 0 Å². The summed E-state index contributed by atoms with van der Waals surface area (Å²) in [6.07, 6.45) is -3.23. The third kappa shape index (κ3) is 2.15. The summed E-state index contributed by atoms with van der Waals surface area (Å²) in [7, 11) is 0. The van der Waals surface area contributed by atoms with Gasteiger partial charge in [0.1, 0.15) is 5.56 Å². The number of ketones is 1. The molecule has 15 heavy (non-hydrogen) atoms. The molecule has 4 nitrogen and oxygen atoms in total. The largest absolute Gasteiger partial charge is 0.300 e. The molecule has 0 saturated carbocycles. The second-order valence-electron chi connectivity index (χ2n) is 2.89. The van der Waals surface area contributed by atoms with Gasteiger partial charge in [-0.3, -0.25) is 14.9 Å². The number of nitro groups is 1. The Hall–Kier alpha value is -1.85. The quantitative estimate of drug-likeness (QED) is 0.441. The van der Waals surface area contributed by atoms with E-state index in [4.69, 9.17) is 0 Å². The highest BCUT2D eigenvalue weighted by Crippen LogP contribution is 2.24. The molecule has 0 fully saturated rings. The van der Waals surface area contributed by atoms with E-state index in [1.165, 1.54) is 19.1 Å². The Morgan fingerprint density at radius 1 is 1.47 bits per heavy atom. The minimum atomic E-state index is -3.23. The van der Waals surface area contributed by atoms with Gasteiger partial charge in [-0.1, -0.05) is 12.1 Å². The van der Waals surface area contributed by atoms with E-state index in [1.54, 1.807) is 0 Å². The normalized spacial score (nSPS) is 10.4. The van der Waals surface area contributed by atoms with E-state index >= 15 is 0 Å². The molecule has 0 amide bonds. The highest BCUT2D eigenvalue weighted by atomic mass is 19.3. The van der Waals surface area contributed by atoms with Crippen LogP contribution in [0.5, 0.6) is 0 Å². The molecular formula is C9H7F2NO3. The van der Waals surface area contributed by atoms with Gasteiger partial charge in [0.2, 0.25) is 5.78 Å². The zero-order valence-corrected chi connectivity index (χ0v) is 7.74. The van der Waals surface area contributed by atoms with Crippen molar-refractivity contribution in [3.05, 3.63) is 39.4 Å². The number of benzene rings is 1. The van der Waals surface area contributed by atoms with E-state index in [2.05, 4.69) is 0 Å². The molecule has 0 heterocycles. The Labute approximate surface area is 83.7 Å². The van der Waals surface area contributed by atoms with E-state index in [0.29, 0.717) is 0 Å². The fourth-order valence-electron chi connectivity index (χ4n) is 1.22. The molecule has 0 unspecified atom stereocenters. The molecule has 0 bridgehead atoms. The van der Waals surface area contributed by atoms with Gasteiger partial charge in [0.05, 0.1) is 4.92 Å². The van der Waals surface area contributed by atoms with Crippen LogP contribution in [0.4, 0.5) is 14.5 Å². The number of halogens is 2. The number of hydrogen-bond acceptors (Lipinski definition) is 3. The molecule has 0 aliphatic rings. The van der Waals surface area contributed by atoms with Gasteiger partial charge in [-0.15, -0.1) is 0 Å². The highest BCUT2D eigenvalue weighted by Gasteiger charge is 2.27. The van der Waals surface area contributed by atoms with Crippen LogP contribution in [0.1, 0.15) is 15.9 Å². The van der Waals surface area contributed by atoms with E-state index in [9.17, 15) is 23.7 Å². The van der Waals surface area contributed by atoms with E-state index in [0.717, 1.165) is 6.07 Å². The van der Waals surface area contributed by atoms with Gasteiger partial charge in [0.15, 0.2) is 0 Å². The molecule has 80 valence electrons. The first kappa shape index (κ1) is 11.2. The Kier molecular flexibility index (Phi) is 3.08. The first-order valence-corrected chi connectivity index (χ1v) is 4.01. The summed E-state index contributed by atoms with van der Waals surface area (Å²) in [5.74, 6) is -1.52. The number of alkyl halides is 2. The average Bonchev–Trinajstić information content (AvgIpc) is 2.15. The lowest BCUT2D eigenvalue weighted by atomic mass is 10.0. The maximum atomic E-state index is 12.1. The lowest BCUT2D eigenvalue weighted by Crippen LogP contribution is -2.13. The van der Waals surface area contributed by atoms with Crippen LogP contribution in [0.2, 0.25) is 0 Å². The van der Waals surface area contributed by atoms with Crippen LogP contribution < -0.4 is 0 Å². The molecule has 0 saturated heterocycles. The van der Waals surface area contributed by atoms with Crippen molar-refractivity contribution in [3.63, 3.8) is 0 Å². The first-order chi connectivity index (χ1) is 6.95. The van der Waals surface area contributed by atoms with Crippen LogP contribution in [0, 0.1) is 17.0 Å². The number of Topliss-reactive ketones (excluding diaryl/α,β-unsaturated/α-hetero) is 1. The summed E-state index contributed by atoms with van der Waals surface area (Å²) in [4.78, 5) is 20.7. The molecule has 0 aliphatic carbocycles. The van der Waals surface area contributed by atoms with Gasteiger partial charge in [0, 0.05) is 5.56 Å². The van der Waals surface area contributed by atoms with E-state index in [-0.39, 0.29) is 5.56 Å². The Balaban J connectivity index is 3.35. The van der Waals surface area contributed by atoms with Crippen molar-refractivity contribution in [1.29, 1.82) is 0 Å². The molecule has 0 spiro atoms. The van der Waals surface area contributed by atoms with Crippen molar-refractivity contribution in [2.24, 2.45) is 0 Å². The lowest BCUT2D eigenvalue weighted by molar-refractivity contribution is -0.385. The van der Waals surface area contributed by atoms with Crippen LogP contribution in [-0.4, -0.2) is 17.1 Å². The maximum Gasteiger partial charge on any atom is 0.300 e. The van der Waals surface area contributed by atoms with Crippen molar-refractivity contribution in [1.82, 2.24) is 0 Å². The zero-order chi connectivity index (χ0) is 11.6. The molecule has 1 aromatic rings. The summed E-state index contributed by atoms with van der Waals surface area (Å²) < 4.78 is 24.2. The number of carbonyl (C=O) groups excluding carboxylic acids is 1. The molecule has 0 atom stereocenters. The van der Waals surface area contributed by atoms with Gasteiger partial charge >= 0.3 is 6.43 Å². The second kappa shape index (κ2) is 4.12. The van der Waals surface area contributed by atoms with Crippen LogP contribution in [0.3, 0.4) is 0 Å². The highest BCUT2D eigenvalue weighted by molar-refractivity contribution is 6.02. The summed E-state index contributed by atoms with van der Waals surface area (Å²) in [5, 5.41) is 10.6. The number of aryl methyl sites for hydroxylation is 1. The van der Waals surface area contributed by atoms with Crippen LogP contribution >= 0.6 is 0 Å². The maximum absolute atomic E-state index is 12.1. The monoisotopic (exact) mass is 215 g/mol. The van der Waals surface area contributed by atoms with Gasteiger partial charge in [-0.05, 0) is 13.0 Å². The molecule has 0 N–H and O–H groups in total. The number of carbonyl (C=O) groups is 1. The molecule has 6 heteroatoms. The molecular weight excluding hydrogens is 208 g/mol. The van der Waals surface area contributed by atoms with Crippen molar-refractivity contribution < 1.29 is 18.5 Å². The lowest BCUT2D eigenvalue weighted by Gasteiger charge is -2.03. The van der Waals surface area contributed by atoms with Gasteiger partial charge in [-0.2, -0.15) is 0 Å². The SMILES string of the molecule is Cc1cccc(C(=O)C(F)F)c1[N+](=O)[O-]. The van der Waals surface area contributed by atoms with Crippen LogP contribution in [-0.2, 0) is 0 Å². The number of nitrogens with zero attached hydrogens (tertiary/aromatic N) is 1. The number of para-hydroxylation sites is 1. The molecule has 0 radical (unpaired) electrons. The zero-order valence-electron chi connectivity index (χ0n) is 7.74. The van der Waals surface area contributed by atoms with Crippen molar-refractivity contribution in [3.8, 4) is 0 Å². The fourth-order valence-corrected chi connectivity index (χ4v) is 1.22. The summed E-state index contributed by atoms with van der Waals surface area (Å²) in [6.45, 7) is 1.39. The predicted octanol–water partition coefficient (Wildman–Crippen LogP) is 2.35. The number of nitro benzene ring substituents is 1. The third-order valence-corrected chi connectivity index (χ3v) is 1.88. The second-order valence-corrected chi connectivity index (χ2v) is 2.89. The molecule has 1 rings (SSSR count). The summed E-state index contributed by atoms with van der Waals surface area (Å²) >= 11 is 0. The average molecular weight is 215 g/mol. The van der Waals surface area contributed by atoms with Crippen molar-refractivity contribution in [2.45, 2.75) is 13.3 Å². The minimum absolute atomic E-state index is 0.187. The molecule has 0 aromatic heterocycles. The number of hydrogen-bond donors (Lipinski definition) is 0. The Morgan fingerprint density at radius 2 is 2.07 bits per heavy atom. The van der Waals surface area contributed by atoms with Gasteiger partial charge in [-0.25, -0.2) is 8.78 Å². The Morgan fingerprint density at radius 3 is 2.53 bits per heavy atom. The van der Waals surface area contributed by atoms with Crippen LogP contribution in [0.15, 0.2) is 18.2 Å². The topological polar surface area (TPSA) is 60.2 Å². The van der Waals surface area contributed by atoms with Crippen molar-refractivity contribution >= 4 is 11.5 Å². The molecule has 1 aromatic carbocycles. The van der Waals surface area contributed by atoms with Gasteiger partial charge < -0.3 is 0 Å². The van der Waals surface area contributed by atoms with E-state index < -0.39 is 28.4 Å². The van der Waals surface area contributed by atoms with E-state index in [1.807, 2.05) is 0 Å². The molecule has 0 aliphatic heterocycles. The summed E-state index contributed by atoms with van der Waals surface area (Å²) in [6, 6.07) is 3.75. The third-order valence-electron chi connectivity index (χ3n) is 1.88. The number of rotatable bonds is 3. The minimum Gasteiger partial charge on any atom is -0.287 e. The smallest absolute Gasteiger partial charge is 0.287 e. The van der Waals surface area contributed by atoms with Crippen molar-refractivity contribution in [2.75, 3.05) is 0 Å². The Bertz CT molecular complexity index is 418. The predicted molar refractivity (Wildman–Crippen MR) is 48.2 cm³/mol. The van der Waals surface area contributed by atoms with Gasteiger partial charge in [0.25, 0.3) is 5.69 Å². The standard InChI is InChI=1S/C9H7F2NO3/c1-5-3-2-4-6(7(5)12(14)15)8(13)9(10)11/h2-4,9H,1H3. The summed E-state index contributed by atoms with van der Waals surface area (Å²) in [5.41, 5.74) is -0.913.